The number of piperidine rings is 1. The molecule has 2 aliphatic heterocycles. The third-order valence-corrected chi connectivity index (χ3v) is 10.0. The van der Waals surface area contributed by atoms with Crippen molar-refractivity contribution in [1.82, 2.24) is 14.3 Å². The van der Waals surface area contributed by atoms with Gasteiger partial charge in [0.1, 0.15) is 5.02 Å². The van der Waals surface area contributed by atoms with Crippen LogP contribution < -0.4 is 21.7 Å². The van der Waals surface area contributed by atoms with Crippen molar-refractivity contribution in [3.05, 3.63) is 89.1 Å². The highest BCUT2D eigenvalue weighted by Crippen LogP contribution is 2.31. The summed E-state index contributed by atoms with van der Waals surface area (Å²) >= 11 is 6.38. The molecule has 0 spiro atoms. The molecule has 2 aliphatic rings. The molecule has 0 saturated carbocycles. The first-order valence-electron chi connectivity index (χ1n) is 14.2. The first kappa shape index (κ1) is 28.9. The fraction of sp³-hybridized carbons (Fsp3) is 0.258. The van der Waals surface area contributed by atoms with Gasteiger partial charge in [-0.05, 0) is 97.3 Å². The number of nitrogen functional groups attached to an aromatic ring is 1. The molecule has 5 N–H and O–H groups in total. The Bertz CT molecular complexity index is 1760. The predicted octanol–water partition coefficient (Wildman–Crippen LogP) is 5.73. The van der Waals surface area contributed by atoms with Crippen molar-refractivity contribution in [1.29, 1.82) is 0 Å². The third kappa shape index (κ3) is 6.74. The second-order valence-electron chi connectivity index (χ2n) is 10.9. The van der Waals surface area contributed by atoms with Crippen LogP contribution in [0.5, 0.6) is 0 Å². The minimum Gasteiger partial charge on any atom is -0.399 e. The summed E-state index contributed by atoms with van der Waals surface area (Å²) in [6.07, 6.45) is 4.57. The number of hydrogen-bond donors (Lipinski definition) is 4. The summed E-state index contributed by atoms with van der Waals surface area (Å²) in [5.74, 6) is 0.908. The second kappa shape index (κ2) is 12.2. The maximum atomic E-state index is 13.2. The molecule has 1 fully saturated rings. The smallest absolute Gasteiger partial charge is 0.243 e. The van der Waals surface area contributed by atoms with Gasteiger partial charge in [0.25, 0.3) is 0 Å². The van der Waals surface area contributed by atoms with Gasteiger partial charge >= 0.3 is 0 Å². The van der Waals surface area contributed by atoms with Crippen molar-refractivity contribution in [3.8, 4) is 0 Å². The summed E-state index contributed by atoms with van der Waals surface area (Å²) in [4.78, 5) is 22.3. The molecular weight excluding hydrogens is 586 g/mol. The highest BCUT2D eigenvalue weighted by atomic mass is 35.5. The molecule has 0 unspecified atom stereocenters. The Kier molecular flexibility index (Phi) is 8.20. The van der Waals surface area contributed by atoms with Gasteiger partial charge in [0.15, 0.2) is 5.82 Å². The highest BCUT2D eigenvalue weighted by Gasteiger charge is 2.30. The average molecular weight is 618 g/mol. The Morgan fingerprint density at radius 2 is 1.77 bits per heavy atom. The number of aromatic nitrogens is 2. The lowest BCUT2D eigenvalue weighted by molar-refractivity contribution is -0.117. The van der Waals surface area contributed by atoms with E-state index < -0.39 is 10.0 Å². The lowest BCUT2D eigenvalue weighted by Crippen LogP contribution is -2.39. The first-order valence-corrected chi connectivity index (χ1v) is 16.0. The standard InChI is InChI=1S/C31H32ClN7O3S/c32-27-19-34-31-36-24-3-1-2-20(16-24)4-5-22-18-25(35-30(27)38-31)8-11-28(22)37-29(40)17-21-12-14-39(15-13-21)43(41,42)26-9-6-23(33)7-10-26/h1-3,6-11,16,18-19,21H,4-5,12-15,17,33H2,(H,37,40)(H2,34,35,36,38). The van der Waals surface area contributed by atoms with Crippen molar-refractivity contribution >= 4 is 62.0 Å². The van der Waals surface area contributed by atoms with Crippen molar-refractivity contribution in [2.45, 2.75) is 37.0 Å². The fourth-order valence-electron chi connectivity index (χ4n) is 5.47. The van der Waals surface area contributed by atoms with Gasteiger partial charge in [-0.2, -0.15) is 9.29 Å². The average Bonchev–Trinajstić information content (AvgIpc) is 2.99. The van der Waals surface area contributed by atoms with E-state index in [9.17, 15) is 13.2 Å². The zero-order chi connectivity index (χ0) is 30.0. The minimum absolute atomic E-state index is 0.0885. The number of amides is 1. The largest absolute Gasteiger partial charge is 0.399 e. The molecule has 6 bridgehead atoms. The molecule has 0 atom stereocenters. The van der Waals surface area contributed by atoms with Crippen molar-refractivity contribution < 1.29 is 13.2 Å². The molecule has 1 saturated heterocycles. The number of anilines is 6. The molecule has 43 heavy (non-hydrogen) atoms. The Labute approximate surface area is 255 Å². The van der Waals surface area contributed by atoms with Gasteiger partial charge in [0.05, 0.1) is 11.1 Å². The van der Waals surface area contributed by atoms with Gasteiger partial charge in [-0.15, -0.1) is 0 Å². The molecule has 1 aromatic heterocycles. The minimum atomic E-state index is -3.59. The van der Waals surface area contributed by atoms with Crippen molar-refractivity contribution in [3.63, 3.8) is 0 Å². The molecular formula is C31H32ClN7O3S. The lowest BCUT2D eigenvalue weighted by Gasteiger charge is -2.31. The summed E-state index contributed by atoms with van der Waals surface area (Å²) in [5.41, 5.74) is 10.8. The first-order chi connectivity index (χ1) is 20.7. The van der Waals surface area contributed by atoms with Gasteiger partial charge in [-0.1, -0.05) is 23.7 Å². The highest BCUT2D eigenvalue weighted by molar-refractivity contribution is 7.89. The van der Waals surface area contributed by atoms with Gasteiger partial charge in [-0.25, -0.2) is 13.4 Å². The van der Waals surface area contributed by atoms with Crippen LogP contribution in [0.3, 0.4) is 0 Å². The zero-order valence-electron chi connectivity index (χ0n) is 23.4. The van der Waals surface area contributed by atoms with E-state index in [0.29, 0.717) is 61.2 Å². The van der Waals surface area contributed by atoms with Gasteiger partial charge in [0, 0.05) is 42.3 Å². The van der Waals surface area contributed by atoms with E-state index in [1.165, 1.54) is 16.4 Å². The molecule has 12 heteroatoms. The summed E-state index contributed by atoms with van der Waals surface area (Å²) in [6, 6.07) is 20.1. The number of nitrogens with two attached hydrogens (primary N) is 1. The van der Waals surface area contributed by atoms with Crippen molar-refractivity contribution in [2.24, 2.45) is 5.92 Å². The molecule has 4 aromatic rings. The number of carbonyl (C=O) groups is 1. The van der Waals surface area contributed by atoms with Crippen LogP contribution in [0.1, 0.15) is 30.4 Å². The van der Waals surface area contributed by atoms with E-state index in [4.69, 9.17) is 17.3 Å². The SMILES string of the molecule is Nc1ccc(S(=O)(=O)N2CCC(CC(=O)Nc3ccc4cc3CCc3cccc(c3)Nc3ncc(Cl)c(n3)N4)CC2)cc1. The molecule has 222 valence electrons. The quantitative estimate of drug-likeness (QED) is 0.208. The Morgan fingerprint density at radius 1 is 1.00 bits per heavy atom. The molecule has 6 rings (SSSR count). The maximum Gasteiger partial charge on any atom is 0.243 e. The topological polar surface area (TPSA) is 142 Å². The number of benzene rings is 3. The number of fused-ring (bicyclic) bond motifs is 6. The van der Waals surface area contributed by atoms with Crippen LogP contribution >= 0.6 is 11.6 Å². The van der Waals surface area contributed by atoms with Crippen LogP contribution in [0.2, 0.25) is 5.02 Å². The lowest BCUT2D eigenvalue weighted by atomic mass is 9.94. The summed E-state index contributed by atoms with van der Waals surface area (Å²) in [5, 5.41) is 10.0. The molecule has 3 heterocycles. The van der Waals surface area contributed by atoms with Crippen molar-refractivity contribution in [2.75, 3.05) is 34.8 Å². The normalized spacial score (nSPS) is 15.7. The summed E-state index contributed by atoms with van der Waals surface area (Å²) in [7, 11) is -3.59. The molecule has 3 aromatic carbocycles. The summed E-state index contributed by atoms with van der Waals surface area (Å²) in [6.45, 7) is 0.745. The van der Waals surface area contributed by atoms with E-state index in [0.717, 1.165) is 34.6 Å². The van der Waals surface area contributed by atoms with Crippen LogP contribution in [0.25, 0.3) is 0 Å². The number of nitrogens with zero attached hydrogens (tertiary/aromatic N) is 3. The molecule has 10 nitrogen and oxygen atoms in total. The van der Waals surface area contributed by atoms with E-state index >= 15 is 0 Å². The summed E-state index contributed by atoms with van der Waals surface area (Å²) < 4.78 is 27.6. The van der Waals surface area contributed by atoms with Crippen LogP contribution in [0.15, 0.2) is 77.8 Å². The zero-order valence-corrected chi connectivity index (χ0v) is 25.0. The Balaban J connectivity index is 1.14. The number of halogens is 1. The van der Waals surface area contributed by atoms with Crippen LogP contribution in [-0.4, -0.2) is 41.7 Å². The Hall–Kier alpha value is -4.19. The van der Waals surface area contributed by atoms with E-state index in [-0.39, 0.29) is 16.7 Å². The monoisotopic (exact) mass is 617 g/mol. The number of nitrogens with one attached hydrogen (secondary N) is 3. The van der Waals surface area contributed by atoms with Gasteiger partial charge < -0.3 is 21.7 Å². The predicted molar refractivity (Wildman–Crippen MR) is 169 cm³/mol. The Morgan fingerprint density at radius 3 is 2.56 bits per heavy atom. The maximum absolute atomic E-state index is 13.2. The molecule has 1 amide bonds. The van der Waals surface area contributed by atoms with E-state index in [2.05, 4.69) is 38.1 Å². The number of sulfonamides is 1. The number of aryl methyl sites for hydroxylation is 2. The van der Waals surface area contributed by atoms with Gasteiger partial charge in [-0.3, -0.25) is 4.79 Å². The van der Waals surface area contributed by atoms with Crippen LogP contribution in [0.4, 0.5) is 34.5 Å². The number of rotatable bonds is 5. The van der Waals surface area contributed by atoms with Crippen LogP contribution in [-0.2, 0) is 27.7 Å². The van der Waals surface area contributed by atoms with E-state index in [1.54, 1.807) is 18.3 Å². The van der Waals surface area contributed by atoms with Gasteiger partial charge in [0.2, 0.25) is 21.9 Å². The van der Waals surface area contributed by atoms with E-state index in [1.807, 2.05) is 30.3 Å². The molecule has 0 radical (unpaired) electrons. The third-order valence-electron chi connectivity index (χ3n) is 7.82. The number of carbonyl (C=O) groups excluding carboxylic acids is 1. The fourth-order valence-corrected chi connectivity index (χ4v) is 7.08. The number of hydrogen-bond acceptors (Lipinski definition) is 8. The van der Waals surface area contributed by atoms with Crippen LogP contribution in [0, 0.1) is 5.92 Å². The molecule has 0 aliphatic carbocycles. The second-order valence-corrected chi connectivity index (χ2v) is 13.2.